The Hall–Kier alpha value is -1.64. The van der Waals surface area contributed by atoms with Crippen molar-refractivity contribution in [2.75, 3.05) is 6.61 Å². The molecule has 0 saturated heterocycles. The minimum atomic E-state index is -0.752. The number of rotatable bonds is 4. The zero-order chi connectivity index (χ0) is 12.1. The fourth-order valence-electron chi connectivity index (χ4n) is 1.59. The van der Waals surface area contributed by atoms with Gasteiger partial charge in [0, 0.05) is 0 Å². The van der Waals surface area contributed by atoms with Gasteiger partial charge in [0.25, 0.3) is 0 Å². The topological polar surface area (TPSA) is 43.4 Å². The molecule has 86 valence electrons. The molecule has 3 heteroatoms. The number of hydrogen-bond donors (Lipinski definition) is 0. The smallest absolute Gasteiger partial charge is 0.375 e. The second kappa shape index (κ2) is 5.45. The van der Waals surface area contributed by atoms with Gasteiger partial charge >= 0.3 is 5.97 Å². The molecular formula is C13H16O3. The van der Waals surface area contributed by atoms with E-state index in [4.69, 9.17) is 4.74 Å². The van der Waals surface area contributed by atoms with Crippen LogP contribution in [-0.4, -0.2) is 18.4 Å². The summed E-state index contributed by atoms with van der Waals surface area (Å²) in [6.07, 6.45) is 0. The summed E-state index contributed by atoms with van der Waals surface area (Å²) in [5.41, 5.74) is 1.88. The molecule has 0 aromatic heterocycles. The number of carbonyl (C=O) groups excluding carboxylic acids is 2. The van der Waals surface area contributed by atoms with E-state index < -0.39 is 17.7 Å². The summed E-state index contributed by atoms with van der Waals surface area (Å²) in [6, 6.07) is 7.54. The highest BCUT2D eigenvalue weighted by atomic mass is 16.5. The second-order valence-electron chi connectivity index (χ2n) is 3.66. The highest BCUT2D eigenvalue weighted by Gasteiger charge is 2.24. The van der Waals surface area contributed by atoms with Gasteiger partial charge in [-0.3, -0.25) is 4.79 Å². The lowest BCUT2D eigenvalue weighted by atomic mass is 9.93. The van der Waals surface area contributed by atoms with Crippen molar-refractivity contribution in [1.82, 2.24) is 0 Å². The van der Waals surface area contributed by atoms with Crippen molar-refractivity contribution >= 4 is 11.8 Å². The van der Waals surface area contributed by atoms with Crippen LogP contribution in [0.15, 0.2) is 24.3 Å². The molecule has 0 N–H and O–H groups in total. The van der Waals surface area contributed by atoms with Crippen LogP contribution in [-0.2, 0) is 14.3 Å². The normalized spacial score (nSPS) is 11.9. The van der Waals surface area contributed by atoms with Gasteiger partial charge in [-0.25, -0.2) is 4.79 Å². The van der Waals surface area contributed by atoms with Crippen molar-refractivity contribution in [2.45, 2.75) is 26.7 Å². The summed E-state index contributed by atoms with van der Waals surface area (Å²) in [6.45, 7) is 5.56. The first-order valence-electron chi connectivity index (χ1n) is 5.34. The summed E-state index contributed by atoms with van der Waals surface area (Å²) in [4.78, 5) is 23.0. The number of benzene rings is 1. The van der Waals surface area contributed by atoms with E-state index in [0.717, 1.165) is 11.1 Å². The number of ether oxygens (including phenoxy) is 1. The first-order valence-corrected chi connectivity index (χ1v) is 5.34. The van der Waals surface area contributed by atoms with Crippen molar-refractivity contribution in [3.8, 4) is 0 Å². The lowest BCUT2D eigenvalue weighted by molar-refractivity contribution is -0.154. The molecule has 1 atom stereocenters. The van der Waals surface area contributed by atoms with E-state index >= 15 is 0 Å². The van der Waals surface area contributed by atoms with Crippen LogP contribution in [0.25, 0.3) is 0 Å². The van der Waals surface area contributed by atoms with Crippen molar-refractivity contribution in [1.29, 1.82) is 0 Å². The van der Waals surface area contributed by atoms with Crippen LogP contribution in [0.2, 0.25) is 0 Å². The summed E-state index contributed by atoms with van der Waals surface area (Å²) in [5, 5.41) is 0. The van der Waals surface area contributed by atoms with E-state index in [2.05, 4.69) is 0 Å². The van der Waals surface area contributed by atoms with E-state index in [1.807, 2.05) is 31.2 Å². The number of carbonyl (C=O) groups is 2. The van der Waals surface area contributed by atoms with Crippen LogP contribution in [0, 0.1) is 6.92 Å². The third-order valence-corrected chi connectivity index (χ3v) is 2.52. The molecule has 1 unspecified atom stereocenters. The van der Waals surface area contributed by atoms with Crippen LogP contribution >= 0.6 is 0 Å². The predicted molar refractivity (Wildman–Crippen MR) is 61.2 cm³/mol. The Morgan fingerprint density at radius 3 is 2.50 bits per heavy atom. The van der Waals surface area contributed by atoms with Crippen LogP contribution < -0.4 is 0 Å². The van der Waals surface area contributed by atoms with Crippen molar-refractivity contribution in [2.24, 2.45) is 0 Å². The van der Waals surface area contributed by atoms with E-state index in [9.17, 15) is 9.59 Å². The molecule has 0 fully saturated rings. The highest BCUT2D eigenvalue weighted by Crippen LogP contribution is 2.20. The van der Waals surface area contributed by atoms with Crippen LogP contribution in [0.3, 0.4) is 0 Å². The molecule has 0 bridgehead atoms. The first kappa shape index (κ1) is 12.4. The maximum absolute atomic E-state index is 11.7. The van der Waals surface area contributed by atoms with E-state index in [0.29, 0.717) is 0 Å². The van der Waals surface area contributed by atoms with Gasteiger partial charge in [-0.15, -0.1) is 0 Å². The van der Waals surface area contributed by atoms with E-state index in [-0.39, 0.29) is 6.61 Å². The molecule has 16 heavy (non-hydrogen) atoms. The van der Waals surface area contributed by atoms with Gasteiger partial charge in [0.1, 0.15) is 0 Å². The van der Waals surface area contributed by atoms with E-state index in [1.54, 1.807) is 13.8 Å². The molecule has 1 rings (SSSR count). The predicted octanol–water partition coefficient (Wildman–Crippen LogP) is 2.23. The summed E-state index contributed by atoms with van der Waals surface area (Å²) < 4.78 is 4.70. The second-order valence-corrected chi connectivity index (χ2v) is 3.66. The standard InChI is InChI=1S/C13H16O3/c1-4-16-13(15)12(14)10(3)11-8-6-5-7-9(11)2/h5-8,10H,4H2,1-3H3. The Kier molecular flexibility index (Phi) is 4.23. The van der Waals surface area contributed by atoms with Gasteiger partial charge in [-0.05, 0) is 25.0 Å². The Balaban J connectivity index is 2.86. The molecule has 0 amide bonds. The number of ketones is 1. The van der Waals surface area contributed by atoms with Gasteiger partial charge in [-0.1, -0.05) is 31.2 Å². The molecule has 0 saturated carbocycles. The molecular weight excluding hydrogens is 204 g/mol. The SMILES string of the molecule is CCOC(=O)C(=O)C(C)c1ccccc1C. The number of hydrogen-bond acceptors (Lipinski definition) is 3. The number of esters is 1. The Labute approximate surface area is 95.4 Å². The first-order chi connectivity index (χ1) is 7.57. The van der Waals surface area contributed by atoms with Gasteiger partial charge in [-0.2, -0.15) is 0 Å². The minimum Gasteiger partial charge on any atom is -0.460 e. The zero-order valence-electron chi connectivity index (χ0n) is 9.82. The lowest BCUT2D eigenvalue weighted by Gasteiger charge is -2.12. The quantitative estimate of drug-likeness (QED) is 0.577. The highest BCUT2D eigenvalue weighted by molar-refractivity contribution is 6.35. The molecule has 0 heterocycles. The van der Waals surface area contributed by atoms with Crippen LogP contribution in [0.1, 0.15) is 30.9 Å². The van der Waals surface area contributed by atoms with Crippen molar-refractivity contribution in [3.05, 3.63) is 35.4 Å². The van der Waals surface area contributed by atoms with Crippen molar-refractivity contribution < 1.29 is 14.3 Å². The van der Waals surface area contributed by atoms with Gasteiger partial charge in [0.15, 0.2) is 0 Å². The van der Waals surface area contributed by atoms with Crippen LogP contribution in [0.4, 0.5) is 0 Å². The Morgan fingerprint density at radius 1 is 1.31 bits per heavy atom. The molecule has 0 spiro atoms. The summed E-state index contributed by atoms with van der Waals surface area (Å²) in [5.74, 6) is -1.69. The number of Topliss-reactive ketones (excluding diaryl/α,β-unsaturated/α-hetero) is 1. The molecule has 0 aliphatic rings. The zero-order valence-corrected chi connectivity index (χ0v) is 9.82. The lowest BCUT2D eigenvalue weighted by Crippen LogP contribution is -2.23. The maximum atomic E-state index is 11.7. The summed E-state index contributed by atoms with van der Waals surface area (Å²) >= 11 is 0. The Bertz CT molecular complexity index is 396. The molecule has 0 aliphatic carbocycles. The summed E-state index contributed by atoms with van der Waals surface area (Å²) in [7, 11) is 0. The fourth-order valence-corrected chi connectivity index (χ4v) is 1.59. The largest absolute Gasteiger partial charge is 0.460 e. The average Bonchev–Trinajstić information content (AvgIpc) is 2.28. The maximum Gasteiger partial charge on any atom is 0.375 e. The molecule has 1 aromatic rings. The van der Waals surface area contributed by atoms with Gasteiger partial charge < -0.3 is 4.74 Å². The molecule has 0 radical (unpaired) electrons. The van der Waals surface area contributed by atoms with Gasteiger partial charge in [0.2, 0.25) is 5.78 Å². The monoisotopic (exact) mass is 220 g/mol. The van der Waals surface area contributed by atoms with Crippen LogP contribution in [0.5, 0.6) is 0 Å². The number of aryl methyl sites for hydroxylation is 1. The molecule has 1 aromatic carbocycles. The third-order valence-electron chi connectivity index (χ3n) is 2.52. The third kappa shape index (κ3) is 2.69. The van der Waals surface area contributed by atoms with E-state index in [1.165, 1.54) is 0 Å². The molecule has 0 aliphatic heterocycles. The van der Waals surface area contributed by atoms with Gasteiger partial charge in [0.05, 0.1) is 12.5 Å². The average molecular weight is 220 g/mol. The fraction of sp³-hybridized carbons (Fsp3) is 0.385. The minimum absolute atomic E-state index is 0.227. The Morgan fingerprint density at radius 2 is 1.94 bits per heavy atom. The molecule has 3 nitrogen and oxygen atoms in total. The van der Waals surface area contributed by atoms with Crippen molar-refractivity contribution in [3.63, 3.8) is 0 Å².